The molecular formula is C39H48O6. The number of carbonyl (C=O) groups excluding carboxylic acids is 3. The standard InChI is InChI=1S/C39H48O6/c40-34(43-37-13-22-1-23(14-37)3-24(2-22)15-37)31-10-32(35(41)44-38-16-25-4-26(17-38)6-27(5-25)18-38)12-33(11-31)36(42)45-39-19-28-7-29(20-39)9-30(8-28)21-39/h10-12,22-30H,1-9,13-21H2. The van der Waals surface area contributed by atoms with Gasteiger partial charge in [0.25, 0.3) is 0 Å². The lowest BCUT2D eigenvalue weighted by molar-refractivity contribution is -0.131. The summed E-state index contributed by atoms with van der Waals surface area (Å²) in [5.41, 5.74) is -0.362. The second-order valence-electron chi connectivity index (χ2n) is 18.3. The molecule has 12 bridgehead atoms. The molecule has 12 saturated carbocycles. The maximum Gasteiger partial charge on any atom is 0.338 e. The zero-order valence-electron chi connectivity index (χ0n) is 26.6. The third-order valence-corrected chi connectivity index (χ3v) is 14.5. The molecule has 12 aliphatic rings. The van der Waals surface area contributed by atoms with E-state index < -0.39 is 34.7 Å². The van der Waals surface area contributed by atoms with Gasteiger partial charge in [0.05, 0.1) is 16.7 Å². The van der Waals surface area contributed by atoms with Crippen LogP contribution in [0.3, 0.4) is 0 Å². The quantitative estimate of drug-likeness (QED) is 0.239. The molecule has 6 heteroatoms. The van der Waals surface area contributed by atoms with Crippen molar-refractivity contribution in [3.8, 4) is 0 Å². The fourth-order valence-electron chi connectivity index (χ4n) is 14.2. The first kappa shape index (κ1) is 27.7. The summed E-state index contributed by atoms with van der Waals surface area (Å²) in [6.45, 7) is 0. The van der Waals surface area contributed by atoms with Gasteiger partial charge in [-0.1, -0.05) is 0 Å². The van der Waals surface area contributed by atoms with Gasteiger partial charge in [-0.3, -0.25) is 0 Å². The molecule has 1 aromatic rings. The summed E-state index contributed by atoms with van der Waals surface area (Å²) in [6.07, 6.45) is 19.9. The molecule has 1 aromatic carbocycles. The summed E-state index contributed by atoms with van der Waals surface area (Å²) in [4.78, 5) is 41.9. The number of ether oxygens (including phenoxy) is 3. The molecule has 12 fully saturated rings. The van der Waals surface area contributed by atoms with Crippen molar-refractivity contribution in [3.63, 3.8) is 0 Å². The molecule has 12 aliphatic carbocycles. The molecule has 0 spiro atoms. The monoisotopic (exact) mass is 612 g/mol. The summed E-state index contributed by atoms with van der Waals surface area (Å²) in [5.74, 6) is 4.61. The molecule has 0 radical (unpaired) electrons. The highest BCUT2D eigenvalue weighted by atomic mass is 16.6. The van der Waals surface area contributed by atoms with E-state index in [0.717, 1.165) is 57.8 Å². The summed E-state index contributed by atoms with van der Waals surface area (Å²) < 4.78 is 19.3. The van der Waals surface area contributed by atoms with Crippen LogP contribution in [0.25, 0.3) is 0 Å². The Balaban J connectivity index is 0.949. The summed E-state index contributed by atoms with van der Waals surface area (Å²) >= 11 is 0. The number of esters is 3. The lowest BCUT2D eigenvalue weighted by atomic mass is 9.54. The van der Waals surface area contributed by atoms with Crippen molar-refractivity contribution < 1.29 is 28.6 Å². The first-order chi connectivity index (χ1) is 21.7. The van der Waals surface area contributed by atoms with E-state index in [1.54, 1.807) is 18.2 Å². The van der Waals surface area contributed by atoms with Crippen LogP contribution in [-0.2, 0) is 14.2 Å². The van der Waals surface area contributed by atoms with Gasteiger partial charge >= 0.3 is 17.9 Å². The molecule has 13 rings (SSSR count). The van der Waals surface area contributed by atoms with Crippen molar-refractivity contribution in [2.24, 2.45) is 53.3 Å². The zero-order chi connectivity index (χ0) is 30.1. The fourth-order valence-corrected chi connectivity index (χ4v) is 14.2. The van der Waals surface area contributed by atoms with Crippen LogP contribution in [0.15, 0.2) is 18.2 Å². The van der Waals surface area contributed by atoms with Gasteiger partial charge in [-0.2, -0.15) is 0 Å². The molecule has 0 heterocycles. The highest BCUT2D eigenvalue weighted by Crippen LogP contribution is 2.59. The largest absolute Gasteiger partial charge is 0.455 e. The van der Waals surface area contributed by atoms with Crippen LogP contribution >= 0.6 is 0 Å². The lowest BCUT2D eigenvalue weighted by Crippen LogP contribution is -2.53. The van der Waals surface area contributed by atoms with Crippen molar-refractivity contribution in [3.05, 3.63) is 34.9 Å². The topological polar surface area (TPSA) is 78.9 Å². The normalized spacial score (nSPS) is 47.6. The maximum absolute atomic E-state index is 14.0. The van der Waals surface area contributed by atoms with E-state index in [1.807, 2.05) is 0 Å². The van der Waals surface area contributed by atoms with Crippen LogP contribution in [-0.4, -0.2) is 34.7 Å². The minimum atomic E-state index is -0.412. The Morgan fingerprint density at radius 3 is 0.733 bits per heavy atom. The van der Waals surface area contributed by atoms with E-state index >= 15 is 0 Å². The Hall–Kier alpha value is -2.37. The van der Waals surface area contributed by atoms with Crippen molar-refractivity contribution in [1.82, 2.24) is 0 Å². The molecule has 0 saturated heterocycles. The SMILES string of the molecule is O=C(OC12CC3CC(CC(C3)C1)C2)c1cc(C(=O)OC23CC4CC(CC(C4)C2)C3)cc(C(=O)OC23CC4CC(CC(C4)C2)C3)c1. The van der Waals surface area contributed by atoms with E-state index in [4.69, 9.17) is 14.2 Å². The molecular weight excluding hydrogens is 564 g/mol. The predicted molar refractivity (Wildman–Crippen MR) is 165 cm³/mol. The highest BCUT2D eigenvalue weighted by molar-refractivity contribution is 6.00. The average molecular weight is 613 g/mol. The van der Waals surface area contributed by atoms with Crippen LogP contribution in [0.1, 0.15) is 147 Å². The van der Waals surface area contributed by atoms with Gasteiger partial charge in [-0.15, -0.1) is 0 Å². The highest BCUT2D eigenvalue weighted by Gasteiger charge is 2.56. The first-order valence-electron chi connectivity index (χ1n) is 18.5. The van der Waals surface area contributed by atoms with E-state index in [2.05, 4.69) is 0 Å². The number of rotatable bonds is 6. The van der Waals surface area contributed by atoms with Gasteiger partial charge in [-0.25, -0.2) is 14.4 Å². The van der Waals surface area contributed by atoms with Gasteiger partial charge < -0.3 is 14.2 Å². The van der Waals surface area contributed by atoms with E-state index in [9.17, 15) is 14.4 Å². The van der Waals surface area contributed by atoms with Gasteiger partial charge in [0.2, 0.25) is 0 Å². The Kier molecular flexibility index (Phi) is 5.91. The first-order valence-corrected chi connectivity index (χ1v) is 18.5. The van der Waals surface area contributed by atoms with Gasteiger partial charge in [0.15, 0.2) is 0 Å². The Labute approximate surface area is 266 Å². The smallest absolute Gasteiger partial charge is 0.338 e. The third kappa shape index (κ3) is 4.73. The van der Waals surface area contributed by atoms with Crippen LogP contribution in [0.4, 0.5) is 0 Å². The van der Waals surface area contributed by atoms with E-state index in [-0.39, 0.29) is 16.7 Å². The summed E-state index contributed by atoms with van der Waals surface area (Å²) in [5, 5.41) is 0. The van der Waals surface area contributed by atoms with Gasteiger partial charge in [-0.05, 0) is 187 Å². The van der Waals surface area contributed by atoms with Crippen LogP contribution in [0, 0.1) is 53.3 Å². The number of carbonyl (C=O) groups is 3. The molecule has 0 N–H and O–H groups in total. The number of hydrogen-bond donors (Lipinski definition) is 0. The molecule has 0 unspecified atom stereocenters. The third-order valence-electron chi connectivity index (χ3n) is 14.5. The van der Waals surface area contributed by atoms with Crippen molar-refractivity contribution in [2.75, 3.05) is 0 Å². The van der Waals surface area contributed by atoms with Crippen molar-refractivity contribution in [1.29, 1.82) is 0 Å². The van der Waals surface area contributed by atoms with Gasteiger partial charge in [0, 0.05) is 0 Å². The molecule has 45 heavy (non-hydrogen) atoms. The Morgan fingerprint density at radius 1 is 0.378 bits per heavy atom. The average Bonchev–Trinajstić information content (AvgIpc) is 2.94. The Bertz CT molecular complexity index is 1170. The summed E-state index contributed by atoms with van der Waals surface area (Å²) in [7, 11) is 0. The maximum atomic E-state index is 14.0. The predicted octanol–water partition coefficient (Wildman–Crippen LogP) is 8.06. The molecule has 6 nitrogen and oxygen atoms in total. The second-order valence-corrected chi connectivity index (χ2v) is 18.3. The molecule has 0 atom stereocenters. The van der Waals surface area contributed by atoms with Crippen molar-refractivity contribution >= 4 is 17.9 Å². The molecule has 0 amide bonds. The number of benzene rings is 1. The van der Waals surface area contributed by atoms with E-state index in [0.29, 0.717) is 53.3 Å². The molecule has 0 aliphatic heterocycles. The number of hydrogen-bond acceptors (Lipinski definition) is 6. The van der Waals surface area contributed by atoms with Crippen molar-refractivity contribution in [2.45, 2.75) is 132 Å². The Morgan fingerprint density at radius 2 is 0.556 bits per heavy atom. The van der Waals surface area contributed by atoms with Crippen LogP contribution in [0.2, 0.25) is 0 Å². The lowest BCUT2D eigenvalue weighted by Gasteiger charge is -2.55. The van der Waals surface area contributed by atoms with E-state index in [1.165, 1.54) is 57.8 Å². The second kappa shape index (κ2) is 9.60. The van der Waals surface area contributed by atoms with Crippen LogP contribution in [0.5, 0.6) is 0 Å². The summed E-state index contributed by atoms with van der Waals surface area (Å²) in [6, 6.07) is 4.90. The molecule has 240 valence electrons. The van der Waals surface area contributed by atoms with Gasteiger partial charge in [0.1, 0.15) is 16.8 Å². The minimum absolute atomic E-state index is 0.281. The van der Waals surface area contributed by atoms with Crippen LogP contribution < -0.4 is 0 Å². The minimum Gasteiger partial charge on any atom is -0.455 e. The fraction of sp³-hybridized carbons (Fsp3) is 0.769. The molecule has 0 aromatic heterocycles. The zero-order valence-corrected chi connectivity index (χ0v) is 26.6.